The van der Waals surface area contributed by atoms with Crippen LogP contribution in [0.25, 0.3) is 11.2 Å². The molecule has 13 nitrogen and oxygen atoms in total. The zero-order valence-corrected chi connectivity index (χ0v) is 14.0. The van der Waals surface area contributed by atoms with Gasteiger partial charge >= 0.3 is 7.75 Å². The van der Waals surface area contributed by atoms with Crippen LogP contribution in [-0.2, 0) is 13.8 Å². The maximum atomic E-state index is 11.1. The molecule has 3 rings (SSSR count). The molecule has 1 aliphatic heterocycles. The lowest BCUT2D eigenvalue weighted by Crippen LogP contribution is -2.33. The molecule has 1 fully saturated rings. The molecule has 0 aromatic carbocycles. The van der Waals surface area contributed by atoms with Gasteiger partial charge in [-0.2, -0.15) is 4.98 Å². The monoisotopic (exact) mass is 392 g/mol. The summed E-state index contributed by atoms with van der Waals surface area (Å²) >= 11 is 5.08. The van der Waals surface area contributed by atoms with Crippen LogP contribution in [0.3, 0.4) is 0 Å². The number of aromatic amines is 1. The predicted molar refractivity (Wildman–Crippen MR) is 84.6 cm³/mol. The fourth-order valence-electron chi connectivity index (χ4n) is 2.42. The van der Waals surface area contributed by atoms with E-state index in [2.05, 4.69) is 19.5 Å². The number of imidazole rings is 1. The number of nitrogens with one attached hydrogen (secondary N) is 1. The van der Waals surface area contributed by atoms with Crippen molar-refractivity contribution in [1.29, 1.82) is 0 Å². The van der Waals surface area contributed by atoms with Crippen LogP contribution in [0.15, 0.2) is 11.3 Å². The zero-order chi connectivity index (χ0) is 18.4. The van der Waals surface area contributed by atoms with Crippen LogP contribution in [0.4, 0.5) is 5.95 Å². The largest absolute Gasteiger partial charge is 0.487 e. The molecule has 0 amide bonds. The number of aliphatic hydroxyl groups excluding tert-OH is 2. The summed E-state index contributed by atoms with van der Waals surface area (Å²) in [6.07, 6.45) is -3.96. The van der Waals surface area contributed by atoms with E-state index in [1.807, 2.05) is 4.95 Å². The fraction of sp³-hybridized carbons (Fsp3) is 0.500. The molecule has 0 saturated carbocycles. The summed E-state index contributed by atoms with van der Waals surface area (Å²) in [6.45, 7) is -0.642. The average Bonchev–Trinajstić information content (AvgIpc) is 3.08. The smallest absolute Gasteiger partial charge is 0.387 e. The van der Waals surface area contributed by atoms with Crippen LogP contribution >= 0.6 is 20.0 Å². The maximum Gasteiger partial charge on any atom is 0.487 e. The van der Waals surface area contributed by atoms with E-state index in [-0.39, 0.29) is 16.2 Å². The number of hydrogen-bond donors (Lipinski definition) is 5. The zero-order valence-electron chi connectivity index (χ0n) is 12.3. The number of H-pyrrole nitrogens is 1. The third kappa shape index (κ3) is 3.32. The van der Waals surface area contributed by atoms with Crippen molar-refractivity contribution in [1.82, 2.24) is 19.5 Å². The lowest BCUT2D eigenvalue weighted by molar-refractivity contribution is -0.0484. The Morgan fingerprint density at radius 3 is 2.92 bits per heavy atom. The van der Waals surface area contributed by atoms with Gasteiger partial charge in [-0.15, -0.1) is 4.91 Å². The van der Waals surface area contributed by atoms with Gasteiger partial charge in [-0.3, -0.25) is 9.09 Å². The second-order valence-corrected chi connectivity index (χ2v) is 7.00. The molecule has 0 bridgehead atoms. The number of fused-ring (bicyclic) bond motifs is 1. The van der Waals surface area contributed by atoms with Gasteiger partial charge in [0, 0.05) is 4.95 Å². The summed E-state index contributed by atoms with van der Waals surface area (Å²) in [6, 6.07) is 0. The van der Waals surface area contributed by atoms with Gasteiger partial charge in [0.15, 0.2) is 11.9 Å². The minimum atomic E-state index is -4.67. The van der Waals surface area contributed by atoms with Crippen molar-refractivity contribution in [2.24, 2.45) is 4.95 Å². The van der Waals surface area contributed by atoms with Crippen molar-refractivity contribution in [3.05, 3.63) is 15.9 Å². The number of aliphatic hydroxyl groups is 2. The number of hydrogen-bond acceptors (Lipinski definition) is 10. The van der Waals surface area contributed by atoms with Crippen molar-refractivity contribution in [2.45, 2.75) is 24.5 Å². The number of aromatic nitrogens is 4. The van der Waals surface area contributed by atoms with E-state index in [1.165, 1.54) is 10.9 Å². The summed E-state index contributed by atoms with van der Waals surface area (Å²) in [4.78, 5) is 31.8. The normalized spacial score (nSPS) is 28.9. The highest BCUT2D eigenvalue weighted by Gasteiger charge is 2.45. The first-order chi connectivity index (χ1) is 11.7. The third-order valence-corrected chi connectivity index (χ3v) is 4.56. The molecule has 2 aromatic heterocycles. The average molecular weight is 392 g/mol. The molecule has 1 aliphatic rings. The van der Waals surface area contributed by atoms with Crippen LogP contribution in [0.1, 0.15) is 6.23 Å². The van der Waals surface area contributed by atoms with E-state index >= 15 is 0 Å². The number of ether oxygens (including phenoxy) is 1. The van der Waals surface area contributed by atoms with Gasteiger partial charge in [0.1, 0.15) is 28.5 Å². The number of nitrogens with two attached hydrogens (primary N) is 1. The minimum Gasteiger partial charge on any atom is -0.387 e. The van der Waals surface area contributed by atoms with E-state index < -0.39 is 38.9 Å². The first kappa shape index (κ1) is 18.0. The standard InChI is InChI=1S/C10H13N6O7PS/c11-10-13-7-4(8(25)14-10)12-2-16(7)9-6(18)5(17)3(23-9)1-22-24(20,21)15-19/h2-3,5-6,9,17-18H,1H2,(H,20,21)(H3,11,13,14,25)/t3-,5-,6-,9-/m1/s1. The van der Waals surface area contributed by atoms with Gasteiger partial charge in [0.05, 0.1) is 12.9 Å². The fourth-order valence-corrected chi connectivity index (χ4v) is 3.06. The van der Waals surface area contributed by atoms with E-state index in [4.69, 9.17) is 27.6 Å². The van der Waals surface area contributed by atoms with Gasteiger partial charge < -0.3 is 30.6 Å². The predicted octanol–water partition coefficient (Wildman–Crippen LogP) is -0.426. The Labute approximate surface area is 144 Å². The topological polar surface area (TPSA) is 198 Å². The van der Waals surface area contributed by atoms with Gasteiger partial charge in [-0.05, 0) is 0 Å². The van der Waals surface area contributed by atoms with Crippen molar-refractivity contribution >= 4 is 37.1 Å². The number of nitroso groups, excluding NO2 is 1. The minimum absolute atomic E-state index is 0.0189. The highest BCUT2D eigenvalue weighted by Crippen LogP contribution is 2.44. The molecular formula is C10H13N6O7PS. The van der Waals surface area contributed by atoms with Crippen LogP contribution < -0.4 is 5.73 Å². The van der Waals surface area contributed by atoms with E-state index in [9.17, 15) is 19.7 Å². The van der Waals surface area contributed by atoms with Crippen LogP contribution in [0, 0.1) is 9.55 Å². The Kier molecular flexibility index (Phi) is 4.68. The Morgan fingerprint density at radius 1 is 1.52 bits per heavy atom. The second kappa shape index (κ2) is 6.49. The molecule has 2 aromatic rings. The number of nitrogens with zero attached hydrogens (tertiary/aromatic N) is 4. The Hall–Kier alpha value is -1.80. The second-order valence-electron chi connectivity index (χ2n) is 5.19. The highest BCUT2D eigenvalue weighted by molar-refractivity contribution is 7.71. The van der Waals surface area contributed by atoms with Gasteiger partial charge in [0.25, 0.3) is 0 Å². The number of rotatable bonds is 5. The lowest BCUT2D eigenvalue weighted by Gasteiger charge is -2.16. The van der Waals surface area contributed by atoms with E-state index in [0.29, 0.717) is 5.52 Å². The third-order valence-electron chi connectivity index (χ3n) is 3.57. The van der Waals surface area contributed by atoms with Gasteiger partial charge in [-0.1, -0.05) is 12.2 Å². The summed E-state index contributed by atoms with van der Waals surface area (Å²) in [7, 11) is -4.67. The molecule has 136 valence electrons. The molecule has 1 saturated heterocycles. The molecular weight excluding hydrogens is 379 g/mol. The van der Waals surface area contributed by atoms with Crippen molar-refractivity contribution in [3.8, 4) is 0 Å². The van der Waals surface area contributed by atoms with Gasteiger partial charge in [0.2, 0.25) is 5.95 Å². The van der Waals surface area contributed by atoms with Crippen molar-refractivity contribution in [3.63, 3.8) is 0 Å². The van der Waals surface area contributed by atoms with Crippen molar-refractivity contribution < 1.29 is 28.9 Å². The van der Waals surface area contributed by atoms with Crippen LogP contribution in [0.5, 0.6) is 0 Å². The molecule has 15 heteroatoms. The molecule has 0 spiro atoms. The molecule has 6 N–H and O–H groups in total. The van der Waals surface area contributed by atoms with Crippen molar-refractivity contribution in [2.75, 3.05) is 12.3 Å². The number of anilines is 1. The summed E-state index contributed by atoms with van der Waals surface area (Å²) in [5, 5.41) is 20.2. The molecule has 0 radical (unpaired) electrons. The SMILES string of the molecule is Nc1nc2c(ncn2[C@@H]2O[C@H](COP(=O)(O)N=O)[C@@H](O)[C@H]2O)c(=S)[nH]1. The quantitative estimate of drug-likeness (QED) is 0.251. The summed E-state index contributed by atoms with van der Waals surface area (Å²) in [5.41, 5.74) is 6.12. The molecule has 1 unspecified atom stereocenters. The first-order valence-corrected chi connectivity index (χ1v) is 8.73. The molecule has 5 atom stereocenters. The number of nitrogen functional groups attached to an aromatic ring is 1. The first-order valence-electron chi connectivity index (χ1n) is 6.79. The lowest BCUT2D eigenvalue weighted by atomic mass is 10.1. The summed E-state index contributed by atoms with van der Waals surface area (Å²) < 4.78 is 22.5. The van der Waals surface area contributed by atoms with Crippen LogP contribution in [-0.4, -0.2) is 59.5 Å². The van der Waals surface area contributed by atoms with E-state index in [1.54, 1.807) is 0 Å². The Balaban J connectivity index is 1.88. The van der Waals surface area contributed by atoms with Crippen LogP contribution in [0.2, 0.25) is 0 Å². The van der Waals surface area contributed by atoms with E-state index in [0.717, 1.165) is 0 Å². The van der Waals surface area contributed by atoms with Gasteiger partial charge in [-0.25, -0.2) is 9.55 Å². The Bertz CT molecular complexity index is 917. The highest BCUT2D eigenvalue weighted by atomic mass is 32.1. The maximum absolute atomic E-state index is 11.1. The molecule has 3 heterocycles. The summed E-state index contributed by atoms with van der Waals surface area (Å²) in [5.74, 6) is 0.0189. The molecule has 0 aliphatic carbocycles. The molecule has 25 heavy (non-hydrogen) atoms. The Morgan fingerprint density at radius 2 is 2.24 bits per heavy atom.